The topological polar surface area (TPSA) is 55.4 Å². The van der Waals surface area contributed by atoms with Crippen LogP contribution in [0.5, 0.6) is 0 Å². The van der Waals surface area contributed by atoms with Gasteiger partial charge in [-0.3, -0.25) is 0 Å². The zero-order chi connectivity index (χ0) is 13.7. The van der Waals surface area contributed by atoms with Crippen molar-refractivity contribution >= 4 is 0 Å². The Bertz CT molecular complexity index is 566. The zero-order valence-corrected chi connectivity index (χ0v) is 11.1. The Labute approximate surface area is 112 Å². The lowest BCUT2D eigenvalue weighted by atomic mass is 10.1. The molecule has 0 saturated heterocycles. The van der Waals surface area contributed by atoms with Gasteiger partial charge < -0.3 is 9.52 Å². The van der Waals surface area contributed by atoms with E-state index in [0.717, 1.165) is 18.5 Å². The Morgan fingerprint density at radius 2 is 1.95 bits per heavy atom. The first kappa shape index (κ1) is 13.6. The molecule has 0 spiro atoms. The summed E-state index contributed by atoms with van der Waals surface area (Å²) in [4.78, 5) is 11.7. The summed E-state index contributed by atoms with van der Waals surface area (Å²) in [6.07, 6.45) is 5.03. The second-order valence-electron chi connectivity index (χ2n) is 4.58. The Hall–Kier alpha value is -1.81. The summed E-state index contributed by atoms with van der Waals surface area (Å²) in [5.74, 6) is 0.230. The molecule has 0 fully saturated rings. The van der Waals surface area contributed by atoms with Crippen LogP contribution in [0.4, 0.5) is 0 Å². The standard InChI is InChI=1S/C15H19NO3/c1-2-4-12-6-8-13(9-7-12)16-11-14(5-3-10-17)19-15(16)18/h6-9,11,17H,2-5,10H2,1H3. The van der Waals surface area contributed by atoms with Crippen molar-refractivity contribution in [3.63, 3.8) is 0 Å². The fourth-order valence-corrected chi connectivity index (χ4v) is 2.05. The van der Waals surface area contributed by atoms with E-state index in [0.29, 0.717) is 18.6 Å². The van der Waals surface area contributed by atoms with E-state index in [1.807, 2.05) is 24.3 Å². The first-order chi connectivity index (χ1) is 9.24. The lowest BCUT2D eigenvalue weighted by Crippen LogP contribution is -2.10. The SMILES string of the molecule is CCCc1ccc(-n2cc(CCCO)oc2=O)cc1. The van der Waals surface area contributed by atoms with Crippen molar-refractivity contribution in [1.29, 1.82) is 0 Å². The largest absolute Gasteiger partial charge is 0.423 e. The lowest BCUT2D eigenvalue weighted by molar-refractivity contribution is 0.283. The van der Waals surface area contributed by atoms with Gasteiger partial charge in [-0.15, -0.1) is 0 Å². The zero-order valence-electron chi connectivity index (χ0n) is 11.1. The van der Waals surface area contributed by atoms with E-state index in [2.05, 4.69) is 6.92 Å². The van der Waals surface area contributed by atoms with Crippen molar-refractivity contribution in [3.05, 3.63) is 52.3 Å². The van der Waals surface area contributed by atoms with Gasteiger partial charge in [0.25, 0.3) is 0 Å². The first-order valence-corrected chi connectivity index (χ1v) is 6.66. The fraction of sp³-hybridized carbons (Fsp3) is 0.400. The van der Waals surface area contributed by atoms with E-state index < -0.39 is 0 Å². The molecule has 1 heterocycles. The lowest BCUT2D eigenvalue weighted by Gasteiger charge is -2.02. The highest BCUT2D eigenvalue weighted by Crippen LogP contribution is 2.11. The molecule has 2 aromatic rings. The fourth-order valence-electron chi connectivity index (χ4n) is 2.05. The molecule has 2 rings (SSSR count). The van der Waals surface area contributed by atoms with Crippen molar-refractivity contribution in [2.24, 2.45) is 0 Å². The highest BCUT2D eigenvalue weighted by molar-refractivity contribution is 5.34. The van der Waals surface area contributed by atoms with Gasteiger partial charge in [0.05, 0.1) is 11.9 Å². The van der Waals surface area contributed by atoms with E-state index >= 15 is 0 Å². The van der Waals surface area contributed by atoms with Crippen LogP contribution < -0.4 is 5.76 Å². The van der Waals surface area contributed by atoms with Gasteiger partial charge >= 0.3 is 5.76 Å². The van der Waals surface area contributed by atoms with Crippen LogP contribution in [0.25, 0.3) is 5.69 Å². The summed E-state index contributed by atoms with van der Waals surface area (Å²) in [5.41, 5.74) is 2.08. The van der Waals surface area contributed by atoms with Gasteiger partial charge in [-0.25, -0.2) is 9.36 Å². The maximum Gasteiger partial charge on any atom is 0.423 e. The number of aryl methyl sites for hydroxylation is 2. The molecular formula is C15H19NO3. The van der Waals surface area contributed by atoms with Gasteiger partial charge in [-0.1, -0.05) is 25.5 Å². The molecule has 0 atom stereocenters. The molecule has 0 bridgehead atoms. The van der Waals surface area contributed by atoms with Crippen LogP contribution in [-0.2, 0) is 12.8 Å². The summed E-state index contributed by atoms with van der Waals surface area (Å²) in [7, 11) is 0. The highest BCUT2D eigenvalue weighted by atomic mass is 16.4. The third-order valence-electron chi connectivity index (χ3n) is 3.02. The maximum absolute atomic E-state index is 11.7. The predicted octanol–water partition coefficient (Wildman–Crippen LogP) is 2.31. The Balaban J connectivity index is 2.21. The average Bonchev–Trinajstić information content (AvgIpc) is 2.79. The number of rotatable bonds is 6. The van der Waals surface area contributed by atoms with Gasteiger partial charge in [-0.05, 0) is 30.5 Å². The smallest absolute Gasteiger partial charge is 0.413 e. The summed E-state index contributed by atoms with van der Waals surface area (Å²) in [6, 6.07) is 7.92. The molecule has 1 N–H and O–H groups in total. The minimum absolute atomic E-state index is 0.0978. The molecule has 0 radical (unpaired) electrons. The molecule has 0 aliphatic carbocycles. The second kappa shape index (κ2) is 6.38. The van der Waals surface area contributed by atoms with Crippen molar-refractivity contribution in [1.82, 2.24) is 4.57 Å². The minimum atomic E-state index is -0.379. The number of nitrogens with zero attached hydrogens (tertiary/aromatic N) is 1. The Morgan fingerprint density at radius 3 is 2.58 bits per heavy atom. The third kappa shape index (κ3) is 3.35. The molecule has 19 heavy (non-hydrogen) atoms. The molecule has 4 heteroatoms. The number of hydrogen-bond acceptors (Lipinski definition) is 3. The first-order valence-electron chi connectivity index (χ1n) is 6.66. The summed E-state index contributed by atoms with van der Waals surface area (Å²) in [6.45, 7) is 2.24. The van der Waals surface area contributed by atoms with Gasteiger partial charge in [0.2, 0.25) is 0 Å². The van der Waals surface area contributed by atoms with Crippen molar-refractivity contribution in [2.45, 2.75) is 32.6 Å². The van der Waals surface area contributed by atoms with Crippen molar-refractivity contribution in [3.8, 4) is 5.69 Å². The summed E-state index contributed by atoms with van der Waals surface area (Å²) >= 11 is 0. The quantitative estimate of drug-likeness (QED) is 0.868. The normalized spacial score (nSPS) is 10.8. The molecule has 0 aliphatic heterocycles. The molecular weight excluding hydrogens is 242 g/mol. The van der Waals surface area contributed by atoms with Crippen molar-refractivity contribution < 1.29 is 9.52 Å². The molecule has 0 amide bonds. The third-order valence-corrected chi connectivity index (χ3v) is 3.02. The van der Waals surface area contributed by atoms with Crippen LogP contribution >= 0.6 is 0 Å². The van der Waals surface area contributed by atoms with E-state index in [9.17, 15) is 4.79 Å². The van der Waals surface area contributed by atoms with Crippen LogP contribution in [0.3, 0.4) is 0 Å². The number of aromatic nitrogens is 1. The number of aliphatic hydroxyl groups is 1. The monoisotopic (exact) mass is 261 g/mol. The average molecular weight is 261 g/mol. The second-order valence-corrected chi connectivity index (χ2v) is 4.58. The number of oxazole rings is 1. The van der Waals surface area contributed by atoms with Crippen LogP contribution in [0.15, 0.2) is 39.7 Å². The molecule has 4 nitrogen and oxygen atoms in total. The predicted molar refractivity (Wildman–Crippen MR) is 73.7 cm³/mol. The van der Waals surface area contributed by atoms with Gasteiger partial charge in [0.1, 0.15) is 5.76 Å². The van der Waals surface area contributed by atoms with E-state index in [1.54, 1.807) is 6.20 Å². The molecule has 1 aromatic heterocycles. The van der Waals surface area contributed by atoms with Crippen LogP contribution in [0, 0.1) is 0 Å². The van der Waals surface area contributed by atoms with Crippen LogP contribution in [0.2, 0.25) is 0 Å². The molecule has 0 unspecified atom stereocenters. The van der Waals surface area contributed by atoms with Crippen molar-refractivity contribution in [2.75, 3.05) is 6.61 Å². The van der Waals surface area contributed by atoms with Gasteiger partial charge in [0, 0.05) is 13.0 Å². The van der Waals surface area contributed by atoms with E-state index in [-0.39, 0.29) is 12.4 Å². The summed E-state index contributed by atoms with van der Waals surface area (Å²) < 4.78 is 6.65. The molecule has 102 valence electrons. The van der Waals surface area contributed by atoms with Gasteiger partial charge in [0.15, 0.2) is 0 Å². The summed E-state index contributed by atoms with van der Waals surface area (Å²) in [5, 5.41) is 8.78. The maximum atomic E-state index is 11.7. The van der Waals surface area contributed by atoms with Crippen LogP contribution in [0.1, 0.15) is 31.1 Å². The molecule has 0 saturated carbocycles. The van der Waals surface area contributed by atoms with E-state index in [1.165, 1.54) is 10.1 Å². The van der Waals surface area contributed by atoms with E-state index in [4.69, 9.17) is 9.52 Å². The van der Waals surface area contributed by atoms with Gasteiger partial charge in [-0.2, -0.15) is 0 Å². The Kier molecular flexibility index (Phi) is 4.58. The number of benzene rings is 1. The Morgan fingerprint density at radius 1 is 1.21 bits per heavy atom. The number of aliphatic hydroxyl groups excluding tert-OH is 1. The van der Waals surface area contributed by atoms with Crippen LogP contribution in [-0.4, -0.2) is 16.3 Å². The number of hydrogen-bond donors (Lipinski definition) is 1. The minimum Gasteiger partial charge on any atom is -0.413 e. The highest BCUT2D eigenvalue weighted by Gasteiger charge is 2.07. The molecule has 0 aliphatic rings. The molecule has 1 aromatic carbocycles.